The van der Waals surface area contributed by atoms with E-state index in [9.17, 15) is 35.9 Å². The summed E-state index contributed by atoms with van der Waals surface area (Å²) in [6.45, 7) is 2.13. The number of hydrogen-bond donors (Lipinski definition) is 2. The summed E-state index contributed by atoms with van der Waals surface area (Å²) in [6.07, 6.45) is 0.166. The molecule has 1 saturated carbocycles. The highest BCUT2D eigenvalue weighted by atomic mass is 32.2. The van der Waals surface area contributed by atoms with Gasteiger partial charge in [0.15, 0.2) is 0 Å². The van der Waals surface area contributed by atoms with Crippen LogP contribution in [0.1, 0.15) is 46.0 Å². The molecule has 0 spiro atoms. The molecular formula is C14H22F4O6S. The standard InChI is InChI=1S/C14H22F4O6S/c1-12(2,20)8-9-3-4-10(7-9)11(19)24-6-5-13(15,16)14(17,18)25(21,22)23/h9-10,20H,3-8H2,1-2H3,(H,21,22,23). The zero-order valence-corrected chi connectivity index (χ0v) is 14.7. The van der Waals surface area contributed by atoms with Gasteiger partial charge in [0.25, 0.3) is 0 Å². The molecule has 1 fully saturated rings. The Labute approximate surface area is 143 Å². The Morgan fingerprint density at radius 3 is 2.24 bits per heavy atom. The number of halogens is 4. The molecule has 0 amide bonds. The molecule has 0 aromatic rings. The zero-order valence-electron chi connectivity index (χ0n) is 13.8. The van der Waals surface area contributed by atoms with E-state index in [4.69, 9.17) is 4.55 Å². The van der Waals surface area contributed by atoms with E-state index >= 15 is 0 Å². The van der Waals surface area contributed by atoms with Gasteiger partial charge in [0.2, 0.25) is 0 Å². The second kappa shape index (κ2) is 7.36. The molecule has 0 aromatic carbocycles. The lowest BCUT2D eigenvalue weighted by Gasteiger charge is -2.23. The van der Waals surface area contributed by atoms with Gasteiger partial charge < -0.3 is 9.84 Å². The first-order valence-corrected chi connectivity index (χ1v) is 9.12. The van der Waals surface area contributed by atoms with E-state index in [0.29, 0.717) is 25.7 Å². The second-order valence-corrected chi connectivity index (χ2v) is 8.47. The van der Waals surface area contributed by atoms with Crippen molar-refractivity contribution >= 4 is 16.1 Å². The number of hydrogen-bond acceptors (Lipinski definition) is 5. The lowest BCUT2D eigenvalue weighted by molar-refractivity contribution is -0.176. The predicted octanol–water partition coefficient (Wildman–Crippen LogP) is 2.61. The minimum atomic E-state index is -6.30. The largest absolute Gasteiger partial charge is 0.465 e. The summed E-state index contributed by atoms with van der Waals surface area (Å²) in [5.74, 6) is -6.44. The summed E-state index contributed by atoms with van der Waals surface area (Å²) in [7, 11) is -6.30. The molecule has 1 aliphatic rings. The van der Waals surface area contributed by atoms with Crippen molar-refractivity contribution in [1.29, 1.82) is 0 Å². The van der Waals surface area contributed by atoms with Crippen molar-refractivity contribution in [3.8, 4) is 0 Å². The van der Waals surface area contributed by atoms with Gasteiger partial charge in [-0.3, -0.25) is 9.35 Å². The fraction of sp³-hybridized carbons (Fsp3) is 0.929. The van der Waals surface area contributed by atoms with Crippen LogP contribution in [0.4, 0.5) is 17.6 Å². The van der Waals surface area contributed by atoms with E-state index in [0.717, 1.165) is 0 Å². The van der Waals surface area contributed by atoms with Gasteiger partial charge in [0.1, 0.15) is 0 Å². The van der Waals surface area contributed by atoms with Crippen molar-refractivity contribution in [3.63, 3.8) is 0 Å². The van der Waals surface area contributed by atoms with Crippen molar-refractivity contribution in [2.45, 2.75) is 62.7 Å². The average Bonchev–Trinajstić information content (AvgIpc) is 2.83. The zero-order chi connectivity index (χ0) is 19.7. The molecule has 0 aromatic heterocycles. The first-order valence-electron chi connectivity index (χ1n) is 7.68. The van der Waals surface area contributed by atoms with E-state index in [1.54, 1.807) is 13.8 Å². The highest BCUT2D eigenvalue weighted by Crippen LogP contribution is 2.41. The van der Waals surface area contributed by atoms with Crippen LogP contribution in [0.2, 0.25) is 0 Å². The van der Waals surface area contributed by atoms with E-state index in [1.165, 1.54) is 0 Å². The minimum absolute atomic E-state index is 0.0582. The van der Waals surface area contributed by atoms with Crippen LogP contribution in [0.3, 0.4) is 0 Å². The van der Waals surface area contributed by atoms with Gasteiger partial charge in [0.05, 0.1) is 24.5 Å². The molecule has 6 nitrogen and oxygen atoms in total. The normalized spacial score (nSPS) is 22.9. The molecule has 0 saturated heterocycles. The average molecular weight is 394 g/mol. The van der Waals surface area contributed by atoms with Crippen molar-refractivity contribution in [1.82, 2.24) is 0 Å². The Hall–Kier alpha value is -0.940. The monoisotopic (exact) mass is 394 g/mol. The van der Waals surface area contributed by atoms with Crippen LogP contribution in [0, 0.1) is 11.8 Å². The maximum Gasteiger partial charge on any atom is 0.431 e. The number of aliphatic hydroxyl groups is 1. The SMILES string of the molecule is CC(C)(O)CC1CCC(C(=O)OCCC(F)(F)C(F)(F)S(=O)(=O)O)C1. The van der Waals surface area contributed by atoms with Crippen molar-refractivity contribution in [2.24, 2.45) is 11.8 Å². The molecule has 0 bridgehead atoms. The fourth-order valence-corrected chi connectivity index (χ4v) is 3.39. The molecule has 0 aliphatic heterocycles. The number of carbonyl (C=O) groups excluding carboxylic acids is 1. The van der Waals surface area contributed by atoms with Crippen LogP contribution in [0.5, 0.6) is 0 Å². The number of alkyl halides is 4. The lowest BCUT2D eigenvalue weighted by atomic mass is 9.92. The maximum atomic E-state index is 13.3. The van der Waals surface area contributed by atoms with Gasteiger partial charge in [-0.05, 0) is 45.4 Å². The first kappa shape index (κ1) is 22.1. The summed E-state index contributed by atoms with van der Waals surface area (Å²) in [5.41, 5.74) is -0.910. The van der Waals surface area contributed by atoms with Crippen LogP contribution in [-0.4, -0.2) is 47.4 Å². The summed E-state index contributed by atoms with van der Waals surface area (Å²) >= 11 is 0. The highest BCUT2D eigenvalue weighted by Gasteiger charge is 2.65. The smallest absolute Gasteiger partial charge is 0.431 e. The van der Waals surface area contributed by atoms with E-state index < -0.39 is 51.8 Å². The molecule has 0 radical (unpaired) electrons. The van der Waals surface area contributed by atoms with Crippen LogP contribution < -0.4 is 0 Å². The third-order valence-corrected chi connectivity index (χ3v) is 5.02. The number of rotatable bonds is 8. The molecule has 11 heteroatoms. The van der Waals surface area contributed by atoms with Crippen molar-refractivity contribution in [2.75, 3.05) is 6.61 Å². The Bertz CT molecular complexity index is 585. The number of carbonyl (C=O) groups is 1. The van der Waals surface area contributed by atoms with Gasteiger partial charge in [-0.1, -0.05) is 0 Å². The third-order valence-electron chi connectivity index (χ3n) is 4.07. The summed E-state index contributed by atoms with van der Waals surface area (Å²) in [5, 5.41) is 4.07. The topological polar surface area (TPSA) is 101 Å². The first-order chi connectivity index (χ1) is 11.1. The van der Waals surface area contributed by atoms with E-state index in [1.807, 2.05) is 0 Å². The Kier molecular flexibility index (Phi) is 6.50. The number of esters is 1. The summed E-state index contributed by atoms with van der Waals surface area (Å²) in [4.78, 5) is 11.8. The molecule has 1 rings (SSSR count). The van der Waals surface area contributed by atoms with Gasteiger partial charge in [-0.25, -0.2) is 0 Å². The third kappa shape index (κ3) is 5.78. The second-order valence-electron chi connectivity index (χ2n) is 7.01. The Morgan fingerprint density at radius 1 is 1.20 bits per heavy atom. The molecule has 0 heterocycles. The molecule has 25 heavy (non-hydrogen) atoms. The summed E-state index contributed by atoms with van der Waals surface area (Å²) in [6, 6.07) is 0. The van der Waals surface area contributed by atoms with E-state index in [2.05, 4.69) is 4.74 Å². The van der Waals surface area contributed by atoms with Gasteiger partial charge >= 0.3 is 27.3 Å². The van der Waals surface area contributed by atoms with Crippen LogP contribution in [0.25, 0.3) is 0 Å². The molecule has 2 N–H and O–H groups in total. The fourth-order valence-electron chi connectivity index (χ4n) is 2.91. The molecule has 148 valence electrons. The van der Waals surface area contributed by atoms with Gasteiger partial charge in [-0.15, -0.1) is 0 Å². The van der Waals surface area contributed by atoms with Crippen molar-refractivity contribution < 1.29 is 45.2 Å². The van der Waals surface area contributed by atoms with E-state index in [-0.39, 0.29) is 5.92 Å². The molecule has 2 atom stereocenters. The molecule has 2 unspecified atom stereocenters. The minimum Gasteiger partial charge on any atom is -0.465 e. The lowest BCUT2D eigenvalue weighted by Crippen LogP contribution is -2.47. The van der Waals surface area contributed by atoms with Gasteiger partial charge in [0, 0.05) is 0 Å². The van der Waals surface area contributed by atoms with Gasteiger partial charge in [-0.2, -0.15) is 26.0 Å². The predicted molar refractivity (Wildman–Crippen MR) is 78.8 cm³/mol. The van der Waals surface area contributed by atoms with Crippen LogP contribution >= 0.6 is 0 Å². The molecular weight excluding hydrogens is 372 g/mol. The molecule has 1 aliphatic carbocycles. The number of ether oxygens (including phenoxy) is 1. The maximum absolute atomic E-state index is 13.3. The Balaban J connectivity index is 2.50. The van der Waals surface area contributed by atoms with Crippen LogP contribution in [0.15, 0.2) is 0 Å². The van der Waals surface area contributed by atoms with Crippen molar-refractivity contribution in [3.05, 3.63) is 0 Å². The quantitative estimate of drug-likeness (QED) is 0.373. The van der Waals surface area contributed by atoms with Crippen LogP contribution in [-0.2, 0) is 19.6 Å². The highest BCUT2D eigenvalue weighted by molar-refractivity contribution is 7.87. The Morgan fingerprint density at radius 2 is 1.76 bits per heavy atom. The summed E-state index contributed by atoms with van der Waals surface area (Å²) < 4.78 is 86.0.